The summed E-state index contributed by atoms with van der Waals surface area (Å²) in [5, 5.41) is 1.25. The quantitative estimate of drug-likeness (QED) is 0.429. The third-order valence-corrected chi connectivity index (χ3v) is 6.15. The van der Waals surface area contributed by atoms with Gasteiger partial charge in [0.15, 0.2) is 0 Å². The Balaban J connectivity index is 1.84. The second kappa shape index (κ2) is 11.6. The zero-order valence-corrected chi connectivity index (χ0v) is 19.1. The maximum atomic E-state index is 13.2. The smallest absolute Gasteiger partial charge is 0.236 e. The van der Waals surface area contributed by atoms with Gasteiger partial charge in [0.05, 0.1) is 6.61 Å². The highest BCUT2D eigenvalue weighted by Gasteiger charge is 2.20. The number of hydrogen-bond acceptors (Lipinski definition) is 5. The fraction of sp³-hybridized carbons (Fsp3) is 0.240. The van der Waals surface area contributed by atoms with Crippen molar-refractivity contribution < 1.29 is 17.9 Å². The van der Waals surface area contributed by atoms with Gasteiger partial charge in [0, 0.05) is 38.0 Å². The Kier molecular flexibility index (Phi) is 8.56. The first-order valence-electron chi connectivity index (χ1n) is 10.3. The van der Waals surface area contributed by atoms with Gasteiger partial charge in [0.25, 0.3) is 0 Å². The number of sulfonamides is 1. The van der Waals surface area contributed by atoms with Gasteiger partial charge in [-0.05, 0) is 54.0 Å². The van der Waals surface area contributed by atoms with Gasteiger partial charge in [-0.1, -0.05) is 42.5 Å². The van der Waals surface area contributed by atoms with Crippen LogP contribution < -0.4 is 4.74 Å². The topological polar surface area (TPSA) is 68.7 Å². The molecule has 0 saturated carbocycles. The van der Waals surface area contributed by atoms with Crippen LogP contribution in [0.2, 0.25) is 0 Å². The number of aromatic nitrogens is 1. The number of rotatable bonds is 11. The van der Waals surface area contributed by atoms with Crippen LogP contribution in [0.5, 0.6) is 5.75 Å². The Morgan fingerprint density at radius 1 is 0.969 bits per heavy atom. The molecule has 0 radical (unpaired) electrons. The molecular weight excluding hydrogens is 424 g/mol. The first-order chi connectivity index (χ1) is 15.5. The van der Waals surface area contributed by atoms with E-state index in [9.17, 15) is 8.42 Å². The highest BCUT2D eigenvalue weighted by atomic mass is 32.2. The van der Waals surface area contributed by atoms with Crippen molar-refractivity contribution in [3.8, 4) is 5.75 Å². The van der Waals surface area contributed by atoms with Crippen molar-refractivity contribution in [1.29, 1.82) is 0 Å². The van der Waals surface area contributed by atoms with Crippen LogP contribution in [0.3, 0.4) is 0 Å². The van der Waals surface area contributed by atoms with Gasteiger partial charge in [-0.3, -0.25) is 4.98 Å². The molecule has 2 aromatic carbocycles. The molecule has 0 saturated heterocycles. The molecule has 0 N–H and O–H groups in total. The van der Waals surface area contributed by atoms with Crippen LogP contribution in [0.1, 0.15) is 23.6 Å². The molecule has 0 bridgehead atoms. The van der Waals surface area contributed by atoms with Gasteiger partial charge in [0.1, 0.15) is 11.9 Å². The van der Waals surface area contributed by atoms with Crippen LogP contribution in [-0.2, 0) is 27.8 Å². The van der Waals surface area contributed by atoms with E-state index in [-0.39, 0.29) is 19.2 Å². The summed E-state index contributed by atoms with van der Waals surface area (Å²) in [7, 11) is -2.06. The van der Waals surface area contributed by atoms with Crippen molar-refractivity contribution in [1.82, 2.24) is 9.29 Å². The molecule has 1 atom stereocenters. The van der Waals surface area contributed by atoms with Crippen LogP contribution in [-0.4, -0.2) is 37.5 Å². The number of methoxy groups -OCH3 is 1. The highest BCUT2D eigenvalue weighted by molar-refractivity contribution is 7.92. The minimum absolute atomic E-state index is 0.110. The molecular formula is C25H28N2O4S. The number of pyridine rings is 1. The van der Waals surface area contributed by atoms with Gasteiger partial charge in [-0.2, -0.15) is 4.31 Å². The van der Waals surface area contributed by atoms with Gasteiger partial charge in [0.2, 0.25) is 10.0 Å². The molecule has 32 heavy (non-hydrogen) atoms. The number of nitrogens with zero attached hydrogens (tertiary/aromatic N) is 2. The minimum Gasteiger partial charge on any atom is -0.488 e. The molecule has 0 fully saturated rings. The average molecular weight is 453 g/mol. The lowest BCUT2D eigenvalue weighted by Gasteiger charge is -2.21. The fourth-order valence-electron chi connectivity index (χ4n) is 3.16. The summed E-state index contributed by atoms with van der Waals surface area (Å²) < 4.78 is 38.9. The van der Waals surface area contributed by atoms with E-state index in [2.05, 4.69) is 4.98 Å². The van der Waals surface area contributed by atoms with Gasteiger partial charge < -0.3 is 9.47 Å². The standard InChI is InChI=1S/C25H28N2O4S/c1-21(20-30-2)31-25-10-6-9-24(17-25)19-27(18-23-11-14-26-15-12-23)32(28,29)16-13-22-7-4-3-5-8-22/h3-17,21H,18-20H2,1-2H3/b16-13+. The van der Waals surface area contributed by atoms with E-state index < -0.39 is 10.0 Å². The number of ether oxygens (including phenoxy) is 2. The SMILES string of the molecule is COCC(C)Oc1cccc(CN(Cc2ccncc2)S(=O)(=O)/C=C/c2ccccc2)c1. The average Bonchev–Trinajstić information content (AvgIpc) is 2.79. The molecule has 7 heteroatoms. The summed E-state index contributed by atoms with van der Waals surface area (Å²) in [6.45, 7) is 2.83. The molecule has 3 rings (SSSR count). The summed E-state index contributed by atoms with van der Waals surface area (Å²) in [4.78, 5) is 4.02. The predicted octanol–water partition coefficient (Wildman–Crippen LogP) is 4.50. The maximum absolute atomic E-state index is 13.2. The first kappa shape index (κ1) is 23.7. The second-order valence-electron chi connectivity index (χ2n) is 7.41. The van der Waals surface area contributed by atoms with Crippen molar-refractivity contribution >= 4 is 16.1 Å². The zero-order chi connectivity index (χ0) is 22.8. The Hall–Kier alpha value is -3.00. The minimum atomic E-state index is -3.69. The molecule has 0 spiro atoms. The monoisotopic (exact) mass is 452 g/mol. The number of hydrogen-bond donors (Lipinski definition) is 0. The van der Waals surface area contributed by atoms with Crippen molar-refractivity contribution in [3.05, 3.63) is 101 Å². The lowest BCUT2D eigenvalue weighted by molar-refractivity contribution is 0.0920. The zero-order valence-electron chi connectivity index (χ0n) is 18.3. The van der Waals surface area contributed by atoms with E-state index in [4.69, 9.17) is 9.47 Å². The van der Waals surface area contributed by atoms with Crippen LogP contribution >= 0.6 is 0 Å². The van der Waals surface area contributed by atoms with E-state index in [1.54, 1.807) is 25.6 Å². The predicted molar refractivity (Wildman–Crippen MR) is 126 cm³/mol. The fourth-order valence-corrected chi connectivity index (χ4v) is 4.32. The van der Waals surface area contributed by atoms with Crippen LogP contribution in [0, 0.1) is 0 Å². The molecule has 0 amide bonds. The summed E-state index contributed by atoms with van der Waals surface area (Å²) in [5.74, 6) is 0.674. The summed E-state index contributed by atoms with van der Waals surface area (Å²) >= 11 is 0. The van der Waals surface area contributed by atoms with Gasteiger partial charge >= 0.3 is 0 Å². The van der Waals surface area contributed by atoms with E-state index in [1.165, 1.54) is 9.71 Å². The van der Waals surface area contributed by atoms with Crippen molar-refractivity contribution in [2.45, 2.75) is 26.1 Å². The van der Waals surface area contributed by atoms with Gasteiger partial charge in [-0.15, -0.1) is 0 Å². The molecule has 168 valence electrons. The molecule has 1 aromatic heterocycles. The Labute approximate surface area is 190 Å². The lowest BCUT2D eigenvalue weighted by atomic mass is 10.2. The normalized spacial score (nSPS) is 12.8. The molecule has 1 unspecified atom stereocenters. The van der Waals surface area contributed by atoms with E-state index in [0.29, 0.717) is 12.4 Å². The lowest BCUT2D eigenvalue weighted by Crippen LogP contribution is -2.28. The summed E-state index contributed by atoms with van der Waals surface area (Å²) in [6, 6.07) is 20.5. The second-order valence-corrected chi connectivity index (χ2v) is 9.23. The largest absolute Gasteiger partial charge is 0.488 e. The first-order valence-corrected chi connectivity index (χ1v) is 11.8. The van der Waals surface area contributed by atoms with Crippen LogP contribution in [0.15, 0.2) is 84.5 Å². The van der Waals surface area contributed by atoms with Crippen LogP contribution in [0.25, 0.3) is 6.08 Å². The Morgan fingerprint density at radius 2 is 1.69 bits per heavy atom. The Bertz CT molecular complexity index is 1100. The van der Waals surface area contributed by atoms with Crippen molar-refractivity contribution in [3.63, 3.8) is 0 Å². The highest BCUT2D eigenvalue weighted by Crippen LogP contribution is 2.20. The molecule has 0 aliphatic carbocycles. The van der Waals surface area contributed by atoms with Crippen molar-refractivity contribution in [2.75, 3.05) is 13.7 Å². The third-order valence-electron chi connectivity index (χ3n) is 4.70. The number of benzene rings is 2. The van der Waals surface area contributed by atoms with Crippen LogP contribution in [0.4, 0.5) is 0 Å². The van der Waals surface area contributed by atoms with E-state index in [0.717, 1.165) is 16.7 Å². The third kappa shape index (κ3) is 7.30. The molecule has 0 aliphatic heterocycles. The summed E-state index contributed by atoms with van der Waals surface area (Å²) in [6.07, 6.45) is 4.82. The van der Waals surface area contributed by atoms with E-state index in [1.807, 2.05) is 73.7 Å². The summed E-state index contributed by atoms with van der Waals surface area (Å²) in [5.41, 5.74) is 2.51. The van der Waals surface area contributed by atoms with E-state index >= 15 is 0 Å². The van der Waals surface area contributed by atoms with Gasteiger partial charge in [-0.25, -0.2) is 8.42 Å². The molecule has 3 aromatic rings. The molecule has 6 nitrogen and oxygen atoms in total. The Morgan fingerprint density at radius 3 is 2.41 bits per heavy atom. The maximum Gasteiger partial charge on any atom is 0.236 e. The molecule has 1 heterocycles. The molecule has 0 aliphatic rings. The van der Waals surface area contributed by atoms with Crippen molar-refractivity contribution in [2.24, 2.45) is 0 Å².